The molecule has 10 heteroatoms. The van der Waals surface area contributed by atoms with Gasteiger partial charge in [0.1, 0.15) is 5.52 Å². The summed E-state index contributed by atoms with van der Waals surface area (Å²) in [6.45, 7) is 1.91. The second kappa shape index (κ2) is 7.48. The first-order valence-electron chi connectivity index (χ1n) is 9.87. The summed E-state index contributed by atoms with van der Waals surface area (Å²) in [7, 11) is 0. The monoisotopic (exact) mass is 425 g/mol. The van der Waals surface area contributed by atoms with Gasteiger partial charge in [-0.3, -0.25) is 4.79 Å². The van der Waals surface area contributed by atoms with Gasteiger partial charge < -0.3 is 19.0 Å². The summed E-state index contributed by atoms with van der Waals surface area (Å²) >= 11 is 0. The maximum Gasteiger partial charge on any atom is 0.425 e. The van der Waals surface area contributed by atoms with E-state index in [0.29, 0.717) is 36.0 Å². The minimum Gasteiger partial charge on any atom is -0.443 e. The van der Waals surface area contributed by atoms with Crippen molar-refractivity contribution in [3.05, 3.63) is 30.2 Å². The molecule has 1 spiro atoms. The molecule has 2 aliphatic rings. The van der Waals surface area contributed by atoms with E-state index in [-0.39, 0.29) is 19.0 Å². The highest BCUT2D eigenvalue weighted by Gasteiger charge is 2.47. The van der Waals surface area contributed by atoms with Crippen LogP contribution in [0.1, 0.15) is 43.0 Å². The fourth-order valence-corrected chi connectivity index (χ4v) is 4.32. The van der Waals surface area contributed by atoms with Crippen LogP contribution in [0, 0.1) is 0 Å². The predicted octanol–water partition coefficient (Wildman–Crippen LogP) is 3.99. The molecule has 2 aromatic rings. The molecule has 2 fully saturated rings. The molecule has 0 radical (unpaired) electrons. The maximum atomic E-state index is 13.2. The number of carbonyl (C=O) groups excluding carboxylic acids is 2. The highest BCUT2D eigenvalue weighted by Crippen LogP contribution is 2.39. The van der Waals surface area contributed by atoms with Crippen molar-refractivity contribution in [3.8, 4) is 0 Å². The van der Waals surface area contributed by atoms with Crippen molar-refractivity contribution in [3.63, 3.8) is 0 Å². The average Bonchev–Trinajstić information content (AvgIpc) is 3.33. The van der Waals surface area contributed by atoms with Crippen LogP contribution in [0.3, 0.4) is 0 Å². The van der Waals surface area contributed by atoms with Crippen LogP contribution < -0.4 is 0 Å². The van der Waals surface area contributed by atoms with Gasteiger partial charge in [-0.1, -0.05) is 0 Å². The number of fused-ring (bicyclic) bond motifs is 1. The van der Waals surface area contributed by atoms with Crippen LogP contribution in [-0.2, 0) is 4.74 Å². The quantitative estimate of drug-likeness (QED) is 0.727. The minimum absolute atomic E-state index is 0.112. The van der Waals surface area contributed by atoms with Crippen molar-refractivity contribution in [2.75, 3.05) is 19.6 Å². The second-order valence-electron chi connectivity index (χ2n) is 7.87. The number of benzene rings is 1. The van der Waals surface area contributed by atoms with E-state index in [4.69, 9.17) is 4.42 Å². The normalized spacial score (nSPS) is 20.0. The van der Waals surface area contributed by atoms with Gasteiger partial charge in [0.15, 0.2) is 18.1 Å². The van der Waals surface area contributed by atoms with E-state index in [0.717, 1.165) is 19.8 Å². The Morgan fingerprint density at radius 3 is 2.63 bits per heavy atom. The number of aromatic nitrogens is 1. The Balaban J connectivity index is 1.43. The minimum atomic E-state index is -4.59. The van der Waals surface area contributed by atoms with E-state index in [1.165, 1.54) is 11.3 Å². The first-order valence-corrected chi connectivity index (χ1v) is 9.87. The topological polar surface area (TPSA) is 75.9 Å². The van der Waals surface area contributed by atoms with Crippen LogP contribution in [0.25, 0.3) is 11.1 Å². The molecular weight excluding hydrogens is 403 g/mol. The Morgan fingerprint density at radius 2 is 1.93 bits per heavy atom. The van der Waals surface area contributed by atoms with Crippen molar-refractivity contribution in [1.82, 2.24) is 14.8 Å². The van der Waals surface area contributed by atoms with E-state index in [9.17, 15) is 22.8 Å². The highest BCUT2D eigenvalue weighted by atomic mass is 19.4. The summed E-state index contributed by atoms with van der Waals surface area (Å²) in [5.74, 6) is -0.112. The molecule has 0 aliphatic carbocycles. The fraction of sp³-hybridized carbons (Fsp3) is 0.550. The summed E-state index contributed by atoms with van der Waals surface area (Å²) in [5, 5.41) is 0. The summed E-state index contributed by atoms with van der Waals surface area (Å²) in [4.78, 5) is 32.5. The van der Waals surface area contributed by atoms with Gasteiger partial charge in [0.2, 0.25) is 0 Å². The Bertz CT molecular complexity index is 950. The zero-order valence-electron chi connectivity index (χ0n) is 16.4. The summed E-state index contributed by atoms with van der Waals surface area (Å²) in [5.41, 5.74) is 1.31. The molecule has 1 atom stereocenters. The lowest BCUT2D eigenvalue weighted by atomic mass is 9.84. The van der Waals surface area contributed by atoms with E-state index in [1.807, 2.05) is 4.90 Å². The maximum absolute atomic E-state index is 13.2. The van der Waals surface area contributed by atoms with Crippen LogP contribution in [0.2, 0.25) is 0 Å². The van der Waals surface area contributed by atoms with E-state index >= 15 is 0 Å². The van der Waals surface area contributed by atoms with Crippen LogP contribution in [0.5, 0.6) is 0 Å². The molecule has 2 amide bonds. The summed E-state index contributed by atoms with van der Waals surface area (Å²) < 4.78 is 47.7. The Labute approximate surface area is 170 Å². The van der Waals surface area contributed by atoms with E-state index < -0.39 is 23.9 Å². The third-order valence-corrected chi connectivity index (χ3v) is 6.11. The summed E-state index contributed by atoms with van der Waals surface area (Å²) in [6, 6.07) is 5.10. The first kappa shape index (κ1) is 20.5. The van der Waals surface area contributed by atoms with Gasteiger partial charge in [-0.05, 0) is 50.8 Å². The largest absolute Gasteiger partial charge is 0.443 e. The van der Waals surface area contributed by atoms with E-state index in [2.05, 4.69) is 9.72 Å². The molecule has 7 nitrogen and oxygen atoms in total. The van der Waals surface area contributed by atoms with Crippen molar-refractivity contribution < 1.29 is 31.9 Å². The number of nitrogens with zero attached hydrogens (tertiary/aromatic N) is 3. The SMILES string of the molecule is CC(OC(=O)N1CCC2(CCCN2C(=O)c2ccc3ocnc3c2)CC1)C(F)(F)F. The molecule has 1 aromatic heterocycles. The van der Waals surface area contributed by atoms with Crippen LogP contribution in [0.4, 0.5) is 18.0 Å². The molecule has 30 heavy (non-hydrogen) atoms. The fourth-order valence-electron chi connectivity index (χ4n) is 4.32. The highest BCUT2D eigenvalue weighted by molar-refractivity contribution is 5.97. The molecule has 2 aliphatic heterocycles. The molecule has 3 heterocycles. The molecule has 0 N–H and O–H groups in total. The average molecular weight is 425 g/mol. The number of hydrogen-bond donors (Lipinski definition) is 0. The van der Waals surface area contributed by atoms with Crippen molar-refractivity contribution in [1.29, 1.82) is 0 Å². The van der Waals surface area contributed by atoms with Crippen molar-refractivity contribution in [2.24, 2.45) is 0 Å². The second-order valence-corrected chi connectivity index (χ2v) is 7.87. The molecule has 1 unspecified atom stereocenters. The number of alkyl halides is 3. The number of carbonyl (C=O) groups is 2. The Kier molecular flexibility index (Phi) is 5.11. The van der Waals surface area contributed by atoms with Gasteiger partial charge in [-0.15, -0.1) is 0 Å². The van der Waals surface area contributed by atoms with Crippen molar-refractivity contribution >= 4 is 23.1 Å². The molecule has 162 valence electrons. The number of piperidine rings is 1. The number of amides is 2. The standard InChI is InChI=1S/C20H22F3N3O4/c1-13(20(21,22)23)30-18(28)25-9-6-19(7-10-25)5-2-8-26(19)17(27)14-3-4-16-15(11-14)24-12-29-16/h3-4,11-13H,2,5-10H2,1H3. The number of hydrogen-bond acceptors (Lipinski definition) is 5. The molecule has 2 saturated heterocycles. The zero-order valence-corrected chi connectivity index (χ0v) is 16.4. The van der Waals surface area contributed by atoms with Crippen LogP contribution in [0.15, 0.2) is 29.0 Å². The number of rotatable bonds is 2. The van der Waals surface area contributed by atoms with Gasteiger partial charge in [-0.2, -0.15) is 13.2 Å². The number of halogens is 3. The lowest BCUT2D eigenvalue weighted by Gasteiger charge is -2.44. The van der Waals surface area contributed by atoms with Gasteiger partial charge in [0.25, 0.3) is 5.91 Å². The smallest absolute Gasteiger partial charge is 0.425 e. The van der Waals surface area contributed by atoms with Gasteiger partial charge in [0.05, 0.1) is 0 Å². The molecule has 0 saturated carbocycles. The van der Waals surface area contributed by atoms with E-state index in [1.54, 1.807) is 18.2 Å². The summed E-state index contributed by atoms with van der Waals surface area (Å²) in [6.07, 6.45) is -3.75. The molecule has 1 aromatic carbocycles. The number of oxazole rings is 1. The Morgan fingerprint density at radius 1 is 1.20 bits per heavy atom. The molecule has 4 rings (SSSR count). The third kappa shape index (κ3) is 3.70. The zero-order chi connectivity index (χ0) is 21.5. The first-order chi connectivity index (χ1) is 14.2. The lowest BCUT2D eigenvalue weighted by molar-refractivity contribution is -0.200. The van der Waals surface area contributed by atoms with Gasteiger partial charge in [0, 0.05) is 30.7 Å². The van der Waals surface area contributed by atoms with Crippen LogP contribution >= 0.6 is 0 Å². The molecular formula is C20H22F3N3O4. The third-order valence-electron chi connectivity index (χ3n) is 6.11. The van der Waals surface area contributed by atoms with Crippen LogP contribution in [-0.4, -0.2) is 64.2 Å². The van der Waals surface area contributed by atoms with Gasteiger partial charge in [-0.25, -0.2) is 9.78 Å². The molecule has 0 bridgehead atoms. The predicted molar refractivity (Wildman–Crippen MR) is 99.8 cm³/mol. The number of likely N-dealkylation sites (tertiary alicyclic amines) is 2. The lowest BCUT2D eigenvalue weighted by Crippen LogP contribution is -2.55. The number of ether oxygens (including phenoxy) is 1. The van der Waals surface area contributed by atoms with Crippen molar-refractivity contribution in [2.45, 2.75) is 50.4 Å². The van der Waals surface area contributed by atoms with Gasteiger partial charge >= 0.3 is 12.3 Å². The Hall–Kier alpha value is -2.78.